The van der Waals surface area contributed by atoms with E-state index in [4.69, 9.17) is 18.0 Å². The number of nitrogens with one attached hydrogen (secondary N) is 1. The lowest BCUT2D eigenvalue weighted by Crippen LogP contribution is -2.34. The van der Waals surface area contributed by atoms with Crippen LogP contribution in [0.4, 0.5) is 0 Å². The quantitative estimate of drug-likeness (QED) is 0.834. The lowest BCUT2D eigenvalue weighted by Gasteiger charge is -2.11. The average molecular weight is 282 g/mol. The van der Waals surface area contributed by atoms with E-state index in [-0.39, 0.29) is 11.9 Å². The number of amides is 1. The zero-order chi connectivity index (χ0) is 13.1. The van der Waals surface area contributed by atoms with Gasteiger partial charge in [0, 0.05) is 17.3 Å². The highest BCUT2D eigenvalue weighted by molar-refractivity contribution is 7.80. The second-order valence-corrected chi connectivity index (χ2v) is 6.47. The van der Waals surface area contributed by atoms with E-state index in [1.165, 1.54) is 23.3 Å². The van der Waals surface area contributed by atoms with Gasteiger partial charge in [0.25, 0.3) is 5.91 Å². The summed E-state index contributed by atoms with van der Waals surface area (Å²) in [5.41, 5.74) is 6.83. The van der Waals surface area contributed by atoms with Crippen LogP contribution in [0, 0.1) is 0 Å². The molecule has 0 saturated heterocycles. The van der Waals surface area contributed by atoms with Gasteiger partial charge < -0.3 is 11.1 Å². The molecule has 1 aliphatic carbocycles. The first-order chi connectivity index (χ1) is 8.56. The van der Waals surface area contributed by atoms with Gasteiger partial charge in [0.1, 0.15) is 0 Å². The fraction of sp³-hybridized carbons (Fsp3) is 0.538. The van der Waals surface area contributed by atoms with Gasteiger partial charge in [0.05, 0.1) is 9.87 Å². The molecule has 18 heavy (non-hydrogen) atoms. The predicted molar refractivity (Wildman–Crippen MR) is 79.3 cm³/mol. The molecular weight excluding hydrogens is 264 g/mol. The molecule has 1 atom stereocenters. The Morgan fingerprint density at radius 2 is 2.28 bits per heavy atom. The summed E-state index contributed by atoms with van der Waals surface area (Å²) < 4.78 is 0. The topological polar surface area (TPSA) is 55.1 Å². The molecule has 3 N–H and O–H groups in total. The van der Waals surface area contributed by atoms with Crippen molar-refractivity contribution in [2.45, 2.75) is 45.1 Å². The van der Waals surface area contributed by atoms with E-state index in [9.17, 15) is 4.79 Å². The maximum atomic E-state index is 12.1. The lowest BCUT2D eigenvalue weighted by molar-refractivity contribution is 0.0945. The molecule has 0 aliphatic heterocycles. The number of thiocarbonyl (C=S) groups is 1. The van der Waals surface area contributed by atoms with Gasteiger partial charge >= 0.3 is 0 Å². The summed E-state index contributed by atoms with van der Waals surface area (Å²) in [5.74, 6) is -0.00171. The Morgan fingerprint density at radius 3 is 2.94 bits per heavy atom. The maximum absolute atomic E-state index is 12.1. The third kappa shape index (κ3) is 3.29. The van der Waals surface area contributed by atoms with Crippen molar-refractivity contribution in [3.8, 4) is 0 Å². The third-order valence-corrected chi connectivity index (χ3v) is 4.51. The highest BCUT2D eigenvalue weighted by Crippen LogP contribution is 2.29. The zero-order valence-electron chi connectivity index (χ0n) is 10.5. The standard InChI is InChI=1S/C13H18N2OS2/c1-8(6-12(14)17)15-13(16)11-7-9-4-2-3-5-10(9)18-11/h7-8H,2-6H2,1H3,(H2,14,17)(H,15,16). The van der Waals surface area contributed by atoms with Crippen molar-refractivity contribution >= 4 is 34.5 Å². The minimum absolute atomic E-state index is 0.00171. The summed E-state index contributed by atoms with van der Waals surface area (Å²) in [6.07, 6.45) is 5.26. The molecule has 0 radical (unpaired) electrons. The number of nitrogens with two attached hydrogens (primary N) is 1. The van der Waals surface area contributed by atoms with Crippen molar-refractivity contribution in [3.05, 3.63) is 21.4 Å². The van der Waals surface area contributed by atoms with Crippen LogP contribution in [-0.2, 0) is 12.8 Å². The van der Waals surface area contributed by atoms with Gasteiger partial charge in [-0.1, -0.05) is 12.2 Å². The van der Waals surface area contributed by atoms with Crippen LogP contribution in [-0.4, -0.2) is 16.9 Å². The van der Waals surface area contributed by atoms with Crippen LogP contribution in [0.2, 0.25) is 0 Å². The Morgan fingerprint density at radius 1 is 1.56 bits per heavy atom. The summed E-state index contributed by atoms with van der Waals surface area (Å²) in [7, 11) is 0. The third-order valence-electron chi connectivity index (χ3n) is 3.11. The summed E-state index contributed by atoms with van der Waals surface area (Å²) in [6, 6.07) is 2.04. The van der Waals surface area contributed by atoms with Crippen LogP contribution in [0.25, 0.3) is 0 Å². The summed E-state index contributed by atoms with van der Waals surface area (Å²) in [4.78, 5) is 14.7. The second kappa shape index (κ2) is 5.80. The van der Waals surface area contributed by atoms with Crippen LogP contribution in [0.15, 0.2) is 6.07 Å². The highest BCUT2D eigenvalue weighted by atomic mass is 32.1. The summed E-state index contributed by atoms with van der Waals surface area (Å²) in [5, 5.41) is 2.94. The van der Waals surface area contributed by atoms with Crippen molar-refractivity contribution in [1.29, 1.82) is 0 Å². The molecule has 1 unspecified atom stereocenters. The normalized spacial score (nSPS) is 15.8. The number of hydrogen-bond acceptors (Lipinski definition) is 3. The first kappa shape index (κ1) is 13.5. The highest BCUT2D eigenvalue weighted by Gasteiger charge is 2.18. The molecule has 1 amide bonds. The summed E-state index contributed by atoms with van der Waals surface area (Å²) in [6.45, 7) is 1.92. The number of hydrogen-bond donors (Lipinski definition) is 2. The van der Waals surface area contributed by atoms with Crippen molar-refractivity contribution < 1.29 is 4.79 Å². The number of rotatable bonds is 4. The van der Waals surface area contributed by atoms with Gasteiger partial charge in [-0.15, -0.1) is 11.3 Å². The number of carbonyl (C=O) groups excluding carboxylic acids is 1. The molecule has 0 bridgehead atoms. The van der Waals surface area contributed by atoms with Gasteiger partial charge in [0.15, 0.2) is 0 Å². The fourth-order valence-electron chi connectivity index (χ4n) is 2.25. The number of aryl methyl sites for hydroxylation is 2. The zero-order valence-corrected chi connectivity index (χ0v) is 12.1. The van der Waals surface area contributed by atoms with Crippen molar-refractivity contribution in [3.63, 3.8) is 0 Å². The SMILES string of the molecule is CC(CC(N)=S)NC(=O)c1cc2c(s1)CCCC2. The molecule has 1 aliphatic rings. The van der Waals surface area contributed by atoms with Crippen molar-refractivity contribution in [2.75, 3.05) is 0 Å². The average Bonchev–Trinajstić information content (AvgIpc) is 2.71. The molecule has 1 aromatic rings. The van der Waals surface area contributed by atoms with Gasteiger partial charge in [-0.2, -0.15) is 0 Å². The molecule has 0 fully saturated rings. The predicted octanol–water partition coefficient (Wildman–Crippen LogP) is 2.42. The smallest absolute Gasteiger partial charge is 0.261 e. The Hall–Kier alpha value is -0.940. The van der Waals surface area contributed by atoms with E-state index in [0.717, 1.165) is 17.7 Å². The van der Waals surface area contributed by atoms with E-state index in [1.54, 1.807) is 11.3 Å². The van der Waals surface area contributed by atoms with E-state index < -0.39 is 0 Å². The lowest BCUT2D eigenvalue weighted by atomic mass is 9.99. The summed E-state index contributed by atoms with van der Waals surface area (Å²) >= 11 is 6.47. The first-order valence-corrected chi connectivity index (χ1v) is 7.49. The van der Waals surface area contributed by atoms with Gasteiger partial charge in [0.2, 0.25) is 0 Å². The minimum atomic E-state index is -0.00544. The molecule has 3 nitrogen and oxygen atoms in total. The van der Waals surface area contributed by atoms with Gasteiger partial charge in [-0.25, -0.2) is 0 Å². The van der Waals surface area contributed by atoms with E-state index in [1.807, 2.05) is 13.0 Å². The monoisotopic (exact) mass is 282 g/mol. The molecular formula is C13H18N2OS2. The van der Waals surface area contributed by atoms with Crippen LogP contribution in [0.3, 0.4) is 0 Å². The van der Waals surface area contributed by atoms with Crippen LogP contribution in [0.5, 0.6) is 0 Å². The number of carbonyl (C=O) groups is 1. The van der Waals surface area contributed by atoms with E-state index in [0.29, 0.717) is 11.4 Å². The van der Waals surface area contributed by atoms with Crippen molar-refractivity contribution in [2.24, 2.45) is 5.73 Å². The second-order valence-electron chi connectivity index (χ2n) is 4.81. The van der Waals surface area contributed by atoms with E-state index >= 15 is 0 Å². The number of thiophene rings is 1. The first-order valence-electron chi connectivity index (χ1n) is 6.27. The van der Waals surface area contributed by atoms with Crippen molar-refractivity contribution in [1.82, 2.24) is 5.32 Å². The molecule has 0 aromatic carbocycles. The minimum Gasteiger partial charge on any atom is -0.393 e. The fourth-order valence-corrected chi connectivity index (χ4v) is 3.66. The van der Waals surface area contributed by atoms with Crippen LogP contribution >= 0.6 is 23.6 Å². The Kier molecular flexibility index (Phi) is 4.35. The Balaban J connectivity index is 2.00. The largest absolute Gasteiger partial charge is 0.393 e. The molecule has 5 heteroatoms. The molecule has 98 valence electrons. The maximum Gasteiger partial charge on any atom is 0.261 e. The van der Waals surface area contributed by atoms with Gasteiger partial charge in [-0.05, 0) is 44.2 Å². The number of fused-ring (bicyclic) bond motifs is 1. The van der Waals surface area contributed by atoms with E-state index in [2.05, 4.69) is 5.32 Å². The molecule has 1 heterocycles. The Labute approximate surface area is 117 Å². The van der Waals surface area contributed by atoms with Crippen LogP contribution in [0.1, 0.15) is 46.3 Å². The molecule has 1 aromatic heterocycles. The van der Waals surface area contributed by atoms with Crippen LogP contribution < -0.4 is 11.1 Å². The molecule has 0 spiro atoms. The van der Waals surface area contributed by atoms with Gasteiger partial charge in [-0.3, -0.25) is 4.79 Å². The molecule has 2 rings (SSSR count). The Bertz CT molecular complexity index is 444. The molecule has 0 saturated carbocycles.